The van der Waals surface area contributed by atoms with Crippen molar-refractivity contribution in [1.29, 1.82) is 0 Å². The van der Waals surface area contributed by atoms with Gasteiger partial charge in [0.15, 0.2) is 11.5 Å². The van der Waals surface area contributed by atoms with Crippen molar-refractivity contribution in [2.75, 3.05) is 14.2 Å². The molecule has 3 nitrogen and oxygen atoms in total. The molecule has 1 aromatic carbocycles. The maximum absolute atomic E-state index is 11.2. The molecule has 0 saturated heterocycles. The fourth-order valence-corrected chi connectivity index (χ4v) is 2.76. The molecule has 0 radical (unpaired) electrons. The van der Waals surface area contributed by atoms with Crippen LogP contribution in [0, 0.1) is 0 Å². The van der Waals surface area contributed by atoms with Gasteiger partial charge >= 0.3 is 0 Å². The van der Waals surface area contributed by atoms with E-state index in [2.05, 4.69) is 0 Å². The van der Waals surface area contributed by atoms with Crippen molar-refractivity contribution >= 4 is 17.6 Å². The summed E-state index contributed by atoms with van der Waals surface area (Å²) < 4.78 is 10.5. The first kappa shape index (κ1) is 13.6. The summed E-state index contributed by atoms with van der Waals surface area (Å²) in [5.41, 5.74) is 1.06. The van der Waals surface area contributed by atoms with Crippen LogP contribution in [-0.4, -0.2) is 20.5 Å². The van der Waals surface area contributed by atoms with Gasteiger partial charge in [-0.05, 0) is 35.6 Å². The van der Waals surface area contributed by atoms with Crippen LogP contribution in [0.2, 0.25) is 0 Å². The number of carbonyl (C=O) groups excluding carboxylic acids is 1. The van der Waals surface area contributed by atoms with Gasteiger partial charge in [0, 0.05) is 4.88 Å². The lowest BCUT2D eigenvalue weighted by atomic mass is 9.99. The van der Waals surface area contributed by atoms with Gasteiger partial charge in [0.05, 0.1) is 20.1 Å². The number of aldehydes is 1. The summed E-state index contributed by atoms with van der Waals surface area (Å²) in [6.07, 6.45) is 1.67. The highest BCUT2D eigenvalue weighted by Crippen LogP contribution is 2.30. The number of hydrogen-bond acceptors (Lipinski definition) is 4. The standard InChI is InChI=1S/C15H16O3S/c1-17-13-6-5-11(9-14(13)18-2)8-12(10-16)15-4-3-7-19-15/h3-7,9-10,12H,8H2,1-2H3. The summed E-state index contributed by atoms with van der Waals surface area (Å²) in [7, 11) is 3.22. The monoisotopic (exact) mass is 276 g/mol. The van der Waals surface area contributed by atoms with Gasteiger partial charge < -0.3 is 14.3 Å². The lowest BCUT2D eigenvalue weighted by Gasteiger charge is -2.12. The first-order chi connectivity index (χ1) is 9.28. The number of thiophene rings is 1. The van der Waals surface area contributed by atoms with Gasteiger partial charge in [-0.25, -0.2) is 0 Å². The van der Waals surface area contributed by atoms with E-state index < -0.39 is 0 Å². The highest BCUT2D eigenvalue weighted by Gasteiger charge is 2.14. The third-order valence-electron chi connectivity index (χ3n) is 2.98. The summed E-state index contributed by atoms with van der Waals surface area (Å²) in [5.74, 6) is 1.29. The molecule has 1 heterocycles. The highest BCUT2D eigenvalue weighted by molar-refractivity contribution is 7.10. The van der Waals surface area contributed by atoms with E-state index in [4.69, 9.17) is 9.47 Å². The minimum atomic E-state index is -0.0990. The molecular formula is C15H16O3S. The molecule has 2 rings (SSSR count). The zero-order valence-electron chi connectivity index (χ0n) is 11.0. The fraction of sp³-hybridized carbons (Fsp3) is 0.267. The number of hydrogen-bond donors (Lipinski definition) is 0. The lowest BCUT2D eigenvalue weighted by molar-refractivity contribution is -0.109. The van der Waals surface area contributed by atoms with Crippen molar-refractivity contribution in [2.24, 2.45) is 0 Å². The van der Waals surface area contributed by atoms with Gasteiger partial charge in [-0.15, -0.1) is 11.3 Å². The third kappa shape index (κ3) is 3.15. The van der Waals surface area contributed by atoms with Gasteiger partial charge in [0.25, 0.3) is 0 Å². The molecule has 0 amide bonds. The highest BCUT2D eigenvalue weighted by atomic mass is 32.1. The third-order valence-corrected chi connectivity index (χ3v) is 3.98. The van der Waals surface area contributed by atoms with Crippen molar-refractivity contribution < 1.29 is 14.3 Å². The Balaban J connectivity index is 2.20. The minimum Gasteiger partial charge on any atom is -0.493 e. The number of carbonyl (C=O) groups is 1. The molecule has 100 valence electrons. The first-order valence-corrected chi connectivity index (χ1v) is 6.86. The molecule has 19 heavy (non-hydrogen) atoms. The maximum atomic E-state index is 11.2. The summed E-state index contributed by atoms with van der Waals surface area (Å²) >= 11 is 1.61. The quantitative estimate of drug-likeness (QED) is 0.759. The van der Waals surface area contributed by atoms with Crippen LogP contribution in [0.25, 0.3) is 0 Å². The van der Waals surface area contributed by atoms with Crippen LogP contribution in [0.3, 0.4) is 0 Å². The Morgan fingerprint density at radius 1 is 1.21 bits per heavy atom. The van der Waals surface area contributed by atoms with Crippen molar-refractivity contribution in [1.82, 2.24) is 0 Å². The predicted octanol–water partition coefficient (Wildman–Crippen LogP) is 3.29. The zero-order chi connectivity index (χ0) is 13.7. The maximum Gasteiger partial charge on any atom is 0.160 e. The molecule has 0 aliphatic carbocycles. The second-order valence-electron chi connectivity index (χ2n) is 4.15. The topological polar surface area (TPSA) is 35.5 Å². The van der Waals surface area contributed by atoms with Gasteiger partial charge in [0.2, 0.25) is 0 Å². The Morgan fingerprint density at radius 2 is 2.00 bits per heavy atom. The largest absolute Gasteiger partial charge is 0.493 e. The van der Waals surface area contributed by atoms with Crippen molar-refractivity contribution in [2.45, 2.75) is 12.3 Å². The van der Waals surface area contributed by atoms with Crippen LogP contribution in [0.15, 0.2) is 35.7 Å². The molecule has 0 spiro atoms. The van der Waals surface area contributed by atoms with Crippen molar-refractivity contribution in [3.05, 3.63) is 46.2 Å². The molecule has 0 fully saturated rings. The van der Waals surface area contributed by atoms with Crippen LogP contribution < -0.4 is 9.47 Å². The van der Waals surface area contributed by atoms with E-state index in [9.17, 15) is 4.79 Å². The van der Waals surface area contributed by atoms with Crippen molar-refractivity contribution in [3.8, 4) is 11.5 Å². The van der Waals surface area contributed by atoms with Gasteiger partial charge in [-0.1, -0.05) is 12.1 Å². The van der Waals surface area contributed by atoms with Crippen LogP contribution in [0.5, 0.6) is 11.5 Å². The molecule has 1 aromatic heterocycles. The molecule has 1 unspecified atom stereocenters. The number of rotatable bonds is 6. The summed E-state index contributed by atoms with van der Waals surface area (Å²) in [4.78, 5) is 12.3. The first-order valence-electron chi connectivity index (χ1n) is 5.98. The Morgan fingerprint density at radius 3 is 2.58 bits per heavy atom. The smallest absolute Gasteiger partial charge is 0.160 e. The number of methoxy groups -OCH3 is 2. The lowest BCUT2D eigenvalue weighted by Crippen LogP contribution is -2.03. The van der Waals surface area contributed by atoms with E-state index >= 15 is 0 Å². The fourth-order valence-electron chi connectivity index (χ4n) is 1.98. The molecular weight excluding hydrogens is 260 g/mol. The number of ether oxygens (including phenoxy) is 2. The molecule has 0 aliphatic rings. The molecule has 0 bridgehead atoms. The van der Waals surface area contributed by atoms with E-state index in [0.29, 0.717) is 17.9 Å². The Bertz CT molecular complexity index is 534. The van der Waals surface area contributed by atoms with Crippen LogP contribution >= 0.6 is 11.3 Å². The Labute approximate surface area is 116 Å². The zero-order valence-corrected chi connectivity index (χ0v) is 11.8. The van der Waals surface area contributed by atoms with Crippen molar-refractivity contribution in [3.63, 3.8) is 0 Å². The Hall–Kier alpha value is -1.81. The predicted molar refractivity (Wildman–Crippen MR) is 76.4 cm³/mol. The molecule has 0 N–H and O–H groups in total. The second kappa shape index (κ2) is 6.38. The summed E-state index contributed by atoms with van der Waals surface area (Å²) in [6, 6.07) is 9.70. The van der Waals surface area contributed by atoms with E-state index in [1.165, 1.54) is 0 Å². The van der Waals surface area contributed by atoms with Gasteiger partial charge in [-0.3, -0.25) is 0 Å². The number of benzene rings is 1. The average Bonchev–Trinajstić information content (AvgIpc) is 2.98. The van der Waals surface area contributed by atoms with Crippen LogP contribution in [0.1, 0.15) is 16.4 Å². The minimum absolute atomic E-state index is 0.0990. The van der Waals surface area contributed by atoms with Crippen LogP contribution in [-0.2, 0) is 11.2 Å². The summed E-state index contributed by atoms with van der Waals surface area (Å²) in [6.45, 7) is 0. The molecule has 1 atom stereocenters. The van der Waals surface area contributed by atoms with E-state index in [-0.39, 0.29) is 5.92 Å². The molecule has 0 aliphatic heterocycles. The summed E-state index contributed by atoms with van der Waals surface area (Å²) in [5, 5.41) is 1.99. The van der Waals surface area contributed by atoms with E-state index in [0.717, 1.165) is 16.7 Å². The van der Waals surface area contributed by atoms with Gasteiger partial charge in [0.1, 0.15) is 6.29 Å². The normalized spacial score (nSPS) is 11.9. The molecule has 4 heteroatoms. The SMILES string of the molecule is COc1ccc(CC(C=O)c2cccs2)cc1OC. The van der Waals surface area contributed by atoms with Crippen LogP contribution in [0.4, 0.5) is 0 Å². The second-order valence-corrected chi connectivity index (χ2v) is 5.13. The molecule has 2 aromatic rings. The molecule has 0 saturated carbocycles. The van der Waals surface area contributed by atoms with E-state index in [1.54, 1.807) is 25.6 Å². The average molecular weight is 276 g/mol. The van der Waals surface area contributed by atoms with E-state index in [1.807, 2.05) is 35.7 Å². The Kier molecular flexibility index (Phi) is 4.58. The van der Waals surface area contributed by atoms with Gasteiger partial charge in [-0.2, -0.15) is 0 Å².